The van der Waals surface area contributed by atoms with Crippen molar-refractivity contribution in [2.45, 2.75) is 58.0 Å². The lowest BCUT2D eigenvalue weighted by Gasteiger charge is -2.42. The van der Waals surface area contributed by atoms with Gasteiger partial charge in [-0.25, -0.2) is 4.79 Å². The molecule has 0 amide bonds. The molecule has 0 atom stereocenters. The molecule has 6 heteroatoms. The highest BCUT2D eigenvalue weighted by Gasteiger charge is 2.59. The molecule has 1 fully saturated rings. The molecule has 0 unspecified atom stereocenters. The molecule has 0 N–H and O–H groups in total. The Morgan fingerprint density at radius 1 is 1.15 bits per heavy atom. The number of carbonyl (C=O) groups is 2. The molecule has 116 valence electrons. The van der Waals surface area contributed by atoms with Gasteiger partial charge in [0.05, 0.1) is 6.61 Å². The van der Waals surface area contributed by atoms with Gasteiger partial charge in [-0.1, -0.05) is 13.8 Å². The monoisotopic (exact) mass is 292 g/mol. The largest absolute Gasteiger partial charge is 0.461 e. The SMILES string of the molecule is CCOC(=O)C(F)(F)C(=O)C1(OC)CCC(C)(C)CC1. The second-order valence-corrected chi connectivity index (χ2v) is 5.99. The van der Waals surface area contributed by atoms with Crippen molar-refractivity contribution in [3.05, 3.63) is 0 Å². The van der Waals surface area contributed by atoms with Crippen molar-refractivity contribution in [3.8, 4) is 0 Å². The van der Waals surface area contributed by atoms with Crippen LogP contribution in [0.2, 0.25) is 0 Å². The molecule has 1 aliphatic carbocycles. The number of ether oxygens (including phenoxy) is 2. The van der Waals surface area contributed by atoms with E-state index in [-0.39, 0.29) is 24.9 Å². The number of methoxy groups -OCH3 is 1. The minimum Gasteiger partial charge on any atom is -0.461 e. The van der Waals surface area contributed by atoms with Crippen LogP contribution < -0.4 is 0 Å². The summed E-state index contributed by atoms with van der Waals surface area (Å²) < 4.78 is 37.2. The van der Waals surface area contributed by atoms with Gasteiger partial charge in [-0.3, -0.25) is 4.79 Å². The number of Topliss-reactive ketones (excluding diaryl/α,β-unsaturated/α-hetero) is 1. The quantitative estimate of drug-likeness (QED) is 0.577. The average molecular weight is 292 g/mol. The smallest absolute Gasteiger partial charge is 0.402 e. The van der Waals surface area contributed by atoms with Gasteiger partial charge in [0.15, 0.2) is 0 Å². The molecule has 0 radical (unpaired) electrons. The summed E-state index contributed by atoms with van der Waals surface area (Å²) in [5, 5.41) is 0. The van der Waals surface area contributed by atoms with Crippen molar-refractivity contribution in [3.63, 3.8) is 0 Å². The topological polar surface area (TPSA) is 52.6 Å². The van der Waals surface area contributed by atoms with Crippen LogP contribution in [0, 0.1) is 5.41 Å². The Morgan fingerprint density at radius 2 is 1.65 bits per heavy atom. The van der Waals surface area contributed by atoms with Gasteiger partial charge in [-0.05, 0) is 38.0 Å². The Labute approximate surface area is 117 Å². The van der Waals surface area contributed by atoms with Crippen molar-refractivity contribution in [1.82, 2.24) is 0 Å². The zero-order chi connectivity index (χ0) is 15.6. The number of ketones is 1. The van der Waals surface area contributed by atoms with Crippen LogP contribution in [-0.4, -0.2) is 37.0 Å². The number of hydrogen-bond acceptors (Lipinski definition) is 4. The first-order valence-corrected chi connectivity index (χ1v) is 6.76. The molecular weight excluding hydrogens is 270 g/mol. The molecule has 0 aliphatic heterocycles. The van der Waals surface area contributed by atoms with E-state index in [0.29, 0.717) is 12.8 Å². The normalized spacial score (nSPS) is 21.3. The highest BCUT2D eigenvalue weighted by Crippen LogP contribution is 2.44. The number of rotatable bonds is 5. The third kappa shape index (κ3) is 3.16. The van der Waals surface area contributed by atoms with E-state index in [9.17, 15) is 18.4 Å². The van der Waals surface area contributed by atoms with E-state index in [1.807, 2.05) is 13.8 Å². The number of halogens is 2. The van der Waals surface area contributed by atoms with Crippen molar-refractivity contribution >= 4 is 11.8 Å². The molecule has 1 aliphatic rings. The molecule has 0 heterocycles. The first-order chi connectivity index (χ1) is 9.11. The van der Waals surface area contributed by atoms with E-state index in [4.69, 9.17) is 4.74 Å². The lowest BCUT2D eigenvalue weighted by Crippen LogP contribution is -2.55. The number of hydrogen-bond donors (Lipinski definition) is 0. The Balaban J connectivity index is 2.95. The molecule has 4 nitrogen and oxygen atoms in total. The second-order valence-electron chi connectivity index (χ2n) is 5.99. The van der Waals surface area contributed by atoms with Crippen LogP contribution >= 0.6 is 0 Å². The maximum absolute atomic E-state index is 13.9. The minimum atomic E-state index is -4.16. The van der Waals surface area contributed by atoms with Gasteiger partial charge >= 0.3 is 11.9 Å². The van der Waals surface area contributed by atoms with Gasteiger partial charge in [0.1, 0.15) is 5.60 Å². The Kier molecular flexibility index (Phi) is 4.90. The lowest BCUT2D eigenvalue weighted by atomic mass is 9.68. The van der Waals surface area contributed by atoms with Crippen LogP contribution in [0.3, 0.4) is 0 Å². The Hall–Kier alpha value is -1.04. The van der Waals surface area contributed by atoms with Crippen molar-refractivity contribution in [2.75, 3.05) is 13.7 Å². The summed E-state index contributed by atoms with van der Waals surface area (Å²) in [5.74, 6) is -7.44. The zero-order valence-electron chi connectivity index (χ0n) is 12.4. The molecule has 1 rings (SSSR count). The van der Waals surface area contributed by atoms with E-state index in [1.165, 1.54) is 14.0 Å². The lowest BCUT2D eigenvalue weighted by molar-refractivity contribution is -0.190. The Morgan fingerprint density at radius 3 is 2.05 bits per heavy atom. The number of carbonyl (C=O) groups excluding carboxylic acids is 2. The molecular formula is C14H22F2O4. The van der Waals surface area contributed by atoms with E-state index >= 15 is 0 Å². The van der Waals surface area contributed by atoms with Crippen LogP contribution in [0.25, 0.3) is 0 Å². The maximum atomic E-state index is 13.9. The fourth-order valence-electron chi connectivity index (χ4n) is 2.46. The summed E-state index contributed by atoms with van der Waals surface area (Å²) in [6, 6.07) is 0. The third-order valence-electron chi connectivity index (χ3n) is 4.03. The minimum absolute atomic E-state index is 0.0124. The predicted octanol–water partition coefficient (Wildman–Crippen LogP) is 2.74. The summed E-state index contributed by atoms with van der Waals surface area (Å²) in [5.41, 5.74) is -1.60. The van der Waals surface area contributed by atoms with Crippen molar-refractivity contribution in [1.29, 1.82) is 0 Å². The molecule has 0 saturated heterocycles. The van der Waals surface area contributed by atoms with Crippen molar-refractivity contribution < 1.29 is 27.8 Å². The Bertz CT molecular complexity index is 381. The van der Waals surface area contributed by atoms with Gasteiger partial charge < -0.3 is 9.47 Å². The molecule has 0 aromatic rings. The van der Waals surface area contributed by atoms with E-state index in [2.05, 4.69) is 4.74 Å². The van der Waals surface area contributed by atoms with Crippen LogP contribution in [0.5, 0.6) is 0 Å². The molecule has 0 aromatic carbocycles. The molecule has 1 saturated carbocycles. The predicted molar refractivity (Wildman–Crippen MR) is 68.6 cm³/mol. The van der Waals surface area contributed by atoms with Gasteiger partial charge in [0, 0.05) is 7.11 Å². The molecule has 0 spiro atoms. The summed E-state index contributed by atoms with van der Waals surface area (Å²) in [4.78, 5) is 23.4. The molecule has 0 aromatic heterocycles. The number of alkyl halides is 2. The summed E-state index contributed by atoms with van der Waals surface area (Å²) in [6.45, 7) is 5.24. The fourth-order valence-corrected chi connectivity index (χ4v) is 2.46. The summed E-state index contributed by atoms with van der Waals surface area (Å²) in [6.07, 6.45) is 1.55. The number of esters is 1. The molecule has 20 heavy (non-hydrogen) atoms. The van der Waals surface area contributed by atoms with Gasteiger partial charge in [-0.15, -0.1) is 0 Å². The highest BCUT2D eigenvalue weighted by molar-refractivity contribution is 6.09. The summed E-state index contributed by atoms with van der Waals surface area (Å²) in [7, 11) is 1.23. The van der Waals surface area contributed by atoms with Crippen molar-refractivity contribution in [2.24, 2.45) is 5.41 Å². The van der Waals surface area contributed by atoms with Crippen LogP contribution in [-0.2, 0) is 19.1 Å². The van der Waals surface area contributed by atoms with Gasteiger partial charge in [-0.2, -0.15) is 8.78 Å². The van der Waals surface area contributed by atoms with Gasteiger partial charge in [0.2, 0.25) is 5.78 Å². The second kappa shape index (κ2) is 5.76. The standard InChI is InChI=1S/C14H22F2O4/c1-5-20-11(18)14(15,16)10(17)13(19-4)8-6-12(2,3)7-9-13/h5-9H2,1-4H3. The van der Waals surface area contributed by atoms with E-state index < -0.39 is 23.3 Å². The zero-order valence-corrected chi connectivity index (χ0v) is 12.4. The van der Waals surface area contributed by atoms with E-state index in [0.717, 1.165) is 0 Å². The molecule has 0 bridgehead atoms. The van der Waals surface area contributed by atoms with E-state index in [1.54, 1.807) is 0 Å². The summed E-state index contributed by atoms with van der Waals surface area (Å²) >= 11 is 0. The highest BCUT2D eigenvalue weighted by atomic mass is 19.3. The van der Waals surface area contributed by atoms with Gasteiger partial charge in [0.25, 0.3) is 0 Å². The fraction of sp³-hybridized carbons (Fsp3) is 0.857. The first kappa shape index (κ1) is 17.0. The first-order valence-electron chi connectivity index (χ1n) is 6.76. The maximum Gasteiger partial charge on any atom is 0.402 e. The van der Waals surface area contributed by atoms with Crippen LogP contribution in [0.4, 0.5) is 8.78 Å². The van der Waals surface area contributed by atoms with Crippen LogP contribution in [0.1, 0.15) is 46.5 Å². The van der Waals surface area contributed by atoms with Crippen LogP contribution in [0.15, 0.2) is 0 Å². The average Bonchev–Trinajstić information content (AvgIpc) is 2.39. The third-order valence-corrected chi connectivity index (χ3v) is 4.03.